The molecule has 0 aromatic heterocycles. The molecule has 0 bridgehead atoms. The first-order valence-electron chi connectivity index (χ1n) is 7.69. The number of nitrogens with one attached hydrogen (secondary N) is 2. The van der Waals surface area contributed by atoms with Crippen molar-refractivity contribution in [3.63, 3.8) is 0 Å². The summed E-state index contributed by atoms with van der Waals surface area (Å²) in [5, 5.41) is 18.4. The van der Waals surface area contributed by atoms with E-state index in [0.717, 1.165) is 11.3 Å². The van der Waals surface area contributed by atoms with E-state index in [0.29, 0.717) is 17.1 Å². The summed E-state index contributed by atoms with van der Waals surface area (Å²) in [4.78, 5) is 0. The zero-order valence-corrected chi connectivity index (χ0v) is 14.9. The van der Waals surface area contributed by atoms with E-state index in [-0.39, 0.29) is 11.6 Å². The second kappa shape index (κ2) is 7.46. The van der Waals surface area contributed by atoms with E-state index < -0.39 is 11.4 Å². The van der Waals surface area contributed by atoms with Gasteiger partial charge in [-0.25, -0.2) is 5.01 Å². The van der Waals surface area contributed by atoms with E-state index in [1.54, 1.807) is 19.1 Å². The average Bonchev–Trinajstić information content (AvgIpc) is 2.89. The fourth-order valence-electron chi connectivity index (χ4n) is 2.39. The van der Waals surface area contributed by atoms with Crippen molar-refractivity contribution < 1.29 is 12.9 Å². The van der Waals surface area contributed by atoms with Crippen LogP contribution < -0.4 is 14.6 Å². The molecule has 9 heteroatoms. The minimum Gasteiger partial charge on any atom is -0.378 e. The summed E-state index contributed by atoms with van der Waals surface area (Å²) in [5.41, 5.74) is 5.77. The number of benzene rings is 2. The molecule has 2 aromatic carbocycles. The molecule has 0 saturated carbocycles. The summed E-state index contributed by atoms with van der Waals surface area (Å²) < 4.78 is 24.8. The lowest BCUT2D eigenvalue weighted by atomic mass is 10.2. The molecule has 134 valence electrons. The number of amidine groups is 1. The monoisotopic (exact) mass is 371 g/mol. The number of anilines is 2. The Kier molecular flexibility index (Phi) is 5.10. The molecule has 26 heavy (non-hydrogen) atoms. The van der Waals surface area contributed by atoms with Crippen LogP contribution in [0.1, 0.15) is 12.5 Å². The van der Waals surface area contributed by atoms with E-state index >= 15 is 0 Å². The Bertz CT molecular complexity index is 927. The molecule has 3 rings (SSSR count). The van der Waals surface area contributed by atoms with Crippen molar-refractivity contribution in [2.75, 3.05) is 10.4 Å². The van der Waals surface area contributed by atoms with E-state index in [1.165, 1.54) is 5.01 Å². The molecule has 3 N–H and O–H groups in total. The van der Waals surface area contributed by atoms with E-state index in [9.17, 15) is 4.21 Å². The highest BCUT2D eigenvalue weighted by atomic mass is 32.2. The molecular formula is C17H17N5O3S. The zero-order valence-electron chi connectivity index (χ0n) is 14.1. The molecule has 1 aliphatic rings. The number of hydrogen-bond donors (Lipinski definition) is 3. The molecule has 2 aromatic rings. The highest BCUT2D eigenvalue weighted by Gasteiger charge is 2.27. The van der Waals surface area contributed by atoms with Crippen LogP contribution in [0.3, 0.4) is 0 Å². The third kappa shape index (κ3) is 3.79. The number of aryl methyl sites for hydroxylation is 1. The fourth-order valence-corrected chi connectivity index (χ4v) is 2.68. The smallest absolute Gasteiger partial charge is 0.357 e. The molecule has 8 nitrogen and oxygen atoms in total. The van der Waals surface area contributed by atoms with Crippen molar-refractivity contribution in [3.05, 3.63) is 54.1 Å². The molecule has 0 radical (unpaired) electrons. The number of hydrogen-bond acceptors (Lipinski definition) is 6. The Morgan fingerprint density at radius 2 is 1.96 bits per heavy atom. The first-order chi connectivity index (χ1) is 12.5. The Morgan fingerprint density at radius 3 is 2.65 bits per heavy atom. The molecule has 1 heterocycles. The Hall–Kier alpha value is -3.04. The summed E-state index contributed by atoms with van der Waals surface area (Å²) in [5.74, 6) is 0.315. The van der Waals surface area contributed by atoms with Gasteiger partial charge < -0.3 is 4.18 Å². The second-order valence-electron chi connectivity index (χ2n) is 5.55. The summed E-state index contributed by atoms with van der Waals surface area (Å²) in [6.45, 7) is 3.59. The minimum absolute atomic E-state index is 0.126. The zero-order chi connectivity index (χ0) is 18.7. The third-order valence-corrected chi connectivity index (χ3v) is 3.94. The van der Waals surface area contributed by atoms with Crippen LogP contribution in [0.2, 0.25) is 0 Å². The topological polar surface area (TPSA) is 110 Å². The Labute approximate surface area is 153 Å². The minimum atomic E-state index is -2.45. The molecule has 1 aliphatic heterocycles. The number of rotatable bonds is 5. The van der Waals surface area contributed by atoms with Crippen LogP contribution in [0.25, 0.3) is 0 Å². The van der Waals surface area contributed by atoms with Crippen molar-refractivity contribution in [2.45, 2.75) is 13.8 Å². The maximum Gasteiger partial charge on any atom is 0.357 e. The van der Waals surface area contributed by atoms with Gasteiger partial charge >= 0.3 is 11.4 Å². The van der Waals surface area contributed by atoms with Crippen LogP contribution in [-0.2, 0) is 11.4 Å². The number of nitrogens with zero attached hydrogens (tertiary/aromatic N) is 3. The van der Waals surface area contributed by atoms with Gasteiger partial charge in [-0.05, 0) is 43.7 Å². The van der Waals surface area contributed by atoms with Crippen molar-refractivity contribution in [3.8, 4) is 5.75 Å². The predicted molar refractivity (Wildman–Crippen MR) is 103 cm³/mol. The highest BCUT2D eigenvalue weighted by Crippen LogP contribution is 2.27. The molecular weight excluding hydrogens is 354 g/mol. The van der Waals surface area contributed by atoms with E-state index in [2.05, 4.69) is 15.6 Å². The summed E-state index contributed by atoms with van der Waals surface area (Å²) >= 11 is -2.45. The van der Waals surface area contributed by atoms with Gasteiger partial charge in [-0.2, -0.15) is 14.4 Å². The van der Waals surface area contributed by atoms with Gasteiger partial charge in [-0.15, -0.1) is 0 Å². The Morgan fingerprint density at radius 1 is 1.23 bits per heavy atom. The second-order valence-corrected chi connectivity index (χ2v) is 6.15. The van der Waals surface area contributed by atoms with Crippen molar-refractivity contribution in [1.29, 1.82) is 5.41 Å². The van der Waals surface area contributed by atoms with Gasteiger partial charge in [-0.3, -0.25) is 15.4 Å². The van der Waals surface area contributed by atoms with Crippen LogP contribution in [0.5, 0.6) is 5.75 Å². The molecule has 1 unspecified atom stereocenters. The summed E-state index contributed by atoms with van der Waals surface area (Å²) in [7, 11) is 0. The third-order valence-electron chi connectivity index (χ3n) is 3.62. The first kappa shape index (κ1) is 17.8. The van der Waals surface area contributed by atoms with Crippen LogP contribution in [-0.4, -0.2) is 26.0 Å². The molecule has 0 amide bonds. The maximum atomic E-state index is 11.0. The lowest BCUT2D eigenvalue weighted by molar-refractivity contribution is 0.458. The van der Waals surface area contributed by atoms with Crippen LogP contribution in [0.4, 0.5) is 11.4 Å². The lowest BCUT2D eigenvalue weighted by Gasteiger charge is -2.13. The standard InChI is InChI=1S/C17H17N5O3S/c1-11-8-9-14(15(10-11)25-26(23)24)19-20-16-12(2)21-22(17(16)18)13-6-4-3-5-7-13/h3-10,18-19H,1-2H3,(H,23,24)/b18-17?,20-16+. The quantitative estimate of drug-likeness (QED) is 0.552. The lowest BCUT2D eigenvalue weighted by Crippen LogP contribution is -2.27. The molecule has 0 spiro atoms. The molecule has 0 fully saturated rings. The van der Waals surface area contributed by atoms with E-state index in [4.69, 9.17) is 14.1 Å². The Balaban J connectivity index is 1.85. The summed E-state index contributed by atoms with van der Waals surface area (Å²) in [6, 6.07) is 14.4. The van der Waals surface area contributed by atoms with Gasteiger partial charge in [0.1, 0.15) is 0 Å². The fraction of sp³-hybridized carbons (Fsp3) is 0.118. The largest absolute Gasteiger partial charge is 0.378 e. The normalized spacial score (nSPS) is 16.6. The predicted octanol–water partition coefficient (Wildman–Crippen LogP) is 3.15. The van der Waals surface area contributed by atoms with Gasteiger partial charge in [0.2, 0.25) is 0 Å². The SMILES string of the molecule is CC1=NN(c2ccccc2)C(=N)/C1=N/Nc1ccc(C)cc1OS(=O)O. The van der Waals surface area contributed by atoms with Gasteiger partial charge in [0.05, 0.1) is 17.1 Å². The van der Waals surface area contributed by atoms with Crippen molar-refractivity contribution in [2.24, 2.45) is 10.2 Å². The maximum absolute atomic E-state index is 11.0. The molecule has 0 saturated heterocycles. The summed E-state index contributed by atoms with van der Waals surface area (Å²) in [6.07, 6.45) is 0. The number of para-hydroxylation sites is 1. The van der Waals surface area contributed by atoms with Crippen molar-refractivity contribution in [1.82, 2.24) is 0 Å². The van der Waals surface area contributed by atoms with Gasteiger partial charge in [0, 0.05) is 0 Å². The average molecular weight is 371 g/mol. The van der Waals surface area contributed by atoms with E-state index in [1.807, 2.05) is 43.3 Å². The number of hydrazone groups is 2. The van der Waals surface area contributed by atoms with Crippen LogP contribution in [0, 0.1) is 12.3 Å². The highest BCUT2D eigenvalue weighted by molar-refractivity contribution is 7.74. The van der Waals surface area contributed by atoms with Crippen molar-refractivity contribution >= 4 is 40.0 Å². The van der Waals surface area contributed by atoms with Crippen LogP contribution >= 0.6 is 0 Å². The van der Waals surface area contributed by atoms with Gasteiger partial charge in [-0.1, -0.05) is 24.3 Å². The first-order valence-corrected chi connectivity index (χ1v) is 8.72. The molecule has 0 aliphatic carbocycles. The molecule has 1 atom stereocenters. The van der Waals surface area contributed by atoms with Gasteiger partial charge in [0.25, 0.3) is 0 Å². The van der Waals surface area contributed by atoms with Gasteiger partial charge in [0.15, 0.2) is 17.3 Å². The van der Waals surface area contributed by atoms with Crippen LogP contribution in [0.15, 0.2) is 58.7 Å².